The second kappa shape index (κ2) is 13.4. The normalized spacial score (nSPS) is 22.8. The molecule has 2 saturated heterocycles. The highest BCUT2D eigenvalue weighted by molar-refractivity contribution is 6.32. The Balaban J connectivity index is 1.07. The van der Waals surface area contributed by atoms with Crippen molar-refractivity contribution in [2.45, 2.75) is 129 Å². The Kier molecular flexibility index (Phi) is 9.53. The summed E-state index contributed by atoms with van der Waals surface area (Å²) in [5.74, 6) is 2.19. The number of likely N-dealkylation sites (tertiary alicyclic amines) is 1. The third kappa shape index (κ3) is 7.17. The molecule has 51 heavy (non-hydrogen) atoms. The highest BCUT2D eigenvalue weighted by Crippen LogP contribution is 2.47. The molecule has 276 valence electrons. The zero-order chi connectivity index (χ0) is 36.3. The fourth-order valence-electron chi connectivity index (χ4n) is 8.76. The number of halogens is 1. The van der Waals surface area contributed by atoms with Gasteiger partial charge in [0.25, 0.3) is 0 Å². The summed E-state index contributed by atoms with van der Waals surface area (Å²) in [7, 11) is 0. The summed E-state index contributed by atoms with van der Waals surface area (Å²) in [6.07, 6.45) is 7.94. The molecule has 0 spiro atoms. The van der Waals surface area contributed by atoms with Crippen LogP contribution in [0.3, 0.4) is 0 Å². The van der Waals surface area contributed by atoms with Gasteiger partial charge in [-0.05, 0) is 106 Å². The van der Waals surface area contributed by atoms with Crippen LogP contribution in [0.2, 0.25) is 5.02 Å². The topological polar surface area (TPSA) is 101 Å². The Morgan fingerprint density at radius 3 is 1.98 bits per heavy atom. The highest BCUT2D eigenvalue weighted by Gasteiger charge is 2.47. The number of anilines is 2. The molecule has 2 fully saturated rings. The maximum atomic E-state index is 6.48. The molecule has 0 atom stereocenters. The van der Waals surface area contributed by atoms with Crippen LogP contribution < -0.4 is 15.1 Å². The summed E-state index contributed by atoms with van der Waals surface area (Å²) in [6.45, 7) is 23.9. The van der Waals surface area contributed by atoms with Crippen molar-refractivity contribution in [2.75, 3.05) is 43.1 Å². The monoisotopic (exact) mass is 718 g/mol. The fourth-order valence-corrected chi connectivity index (χ4v) is 8.93. The predicted octanol–water partition coefficient (Wildman–Crippen LogP) is 7.28. The third-order valence-corrected chi connectivity index (χ3v) is 11.3. The van der Waals surface area contributed by atoms with Gasteiger partial charge in [-0.15, -0.1) is 0 Å². The first-order valence-electron chi connectivity index (χ1n) is 18.7. The Hall–Kier alpha value is -3.09. The van der Waals surface area contributed by atoms with E-state index in [1.54, 1.807) is 0 Å². The number of nitrogens with zero attached hydrogens (tertiary/aromatic N) is 7. The molecule has 2 aromatic heterocycles. The summed E-state index contributed by atoms with van der Waals surface area (Å²) in [5.41, 5.74) is 7.03. The van der Waals surface area contributed by atoms with E-state index in [1.165, 1.54) is 5.56 Å². The van der Waals surface area contributed by atoms with Crippen LogP contribution in [0.15, 0.2) is 30.6 Å². The average molecular weight is 719 g/mol. The standard InChI is InChI=1S/C39H55ClN8O3/c1-10-49-31-21-25(11-12-30(31)40)24-46-17-13-26(14-18-46)48(35-42-23-29-33(44-35)39(8,9)51-37(29,4)5)27-15-19-47(20-16-27)45-34-41-22-28-32(43-34)38(6,7)50-36(28,2)3/h11-12,21-23,26-27H,10,13-20,24H2,1-9H3,(H,41,43,45). The van der Waals surface area contributed by atoms with Gasteiger partial charge in [-0.3, -0.25) is 10.3 Å². The van der Waals surface area contributed by atoms with Gasteiger partial charge in [0.15, 0.2) is 0 Å². The lowest BCUT2D eigenvalue weighted by atomic mass is 9.95. The van der Waals surface area contributed by atoms with E-state index in [1.807, 2.05) is 25.4 Å². The van der Waals surface area contributed by atoms with Crippen LogP contribution in [0.1, 0.15) is 116 Å². The van der Waals surface area contributed by atoms with Crippen LogP contribution in [0.25, 0.3) is 0 Å². The summed E-state index contributed by atoms with van der Waals surface area (Å²) in [5, 5.41) is 2.91. The van der Waals surface area contributed by atoms with E-state index >= 15 is 0 Å². The van der Waals surface area contributed by atoms with E-state index < -0.39 is 22.4 Å². The van der Waals surface area contributed by atoms with Gasteiger partial charge in [0.2, 0.25) is 11.9 Å². The van der Waals surface area contributed by atoms with Crippen LogP contribution in [-0.4, -0.2) is 74.7 Å². The number of nitrogens with one attached hydrogen (secondary N) is 1. The van der Waals surface area contributed by atoms with Gasteiger partial charge < -0.3 is 19.1 Å². The van der Waals surface area contributed by atoms with E-state index in [-0.39, 0.29) is 0 Å². The summed E-state index contributed by atoms with van der Waals surface area (Å²) in [4.78, 5) is 25.1. The van der Waals surface area contributed by atoms with E-state index in [4.69, 9.17) is 45.7 Å². The number of rotatable bonds is 9. The molecular formula is C39H55ClN8O3. The Morgan fingerprint density at radius 2 is 1.37 bits per heavy atom. The van der Waals surface area contributed by atoms with Gasteiger partial charge in [-0.1, -0.05) is 17.7 Å². The predicted molar refractivity (Wildman–Crippen MR) is 200 cm³/mol. The van der Waals surface area contributed by atoms with Crippen LogP contribution in [0.5, 0.6) is 5.75 Å². The quantitative estimate of drug-likeness (QED) is 0.242. The number of piperidine rings is 2. The number of aromatic nitrogens is 4. The lowest BCUT2D eigenvalue weighted by molar-refractivity contribution is -0.106. The number of hydrogen-bond acceptors (Lipinski definition) is 11. The summed E-state index contributed by atoms with van der Waals surface area (Å²) in [6, 6.07) is 6.77. The van der Waals surface area contributed by atoms with Crippen molar-refractivity contribution in [2.24, 2.45) is 0 Å². The molecular weight excluding hydrogens is 664 g/mol. The van der Waals surface area contributed by atoms with Crippen molar-refractivity contribution in [3.8, 4) is 5.75 Å². The van der Waals surface area contributed by atoms with E-state index in [2.05, 4.69) is 87.8 Å². The number of ether oxygens (including phenoxy) is 3. The Labute approximate surface area is 308 Å². The van der Waals surface area contributed by atoms with E-state index in [9.17, 15) is 0 Å². The molecule has 0 amide bonds. The largest absolute Gasteiger partial charge is 0.492 e. The van der Waals surface area contributed by atoms with Gasteiger partial charge in [0, 0.05) is 68.3 Å². The molecule has 7 rings (SSSR count). The molecule has 0 unspecified atom stereocenters. The molecule has 11 nitrogen and oxygen atoms in total. The summed E-state index contributed by atoms with van der Waals surface area (Å²) < 4.78 is 18.6. The maximum Gasteiger partial charge on any atom is 0.237 e. The van der Waals surface area contributed by atoms with Gasteiger partial charge in [-0.25, -0.2) is 24.9 Å². The van der Waals surface area contributed by atoms with Crippen LogP contribution in [0, 0.1) is 0 Å². The lowest BCUT2D eigenvalue weighted by Crippen LogP contribution is -2.54. The van der Waals surface area contributed by atoms with Gasteiger partial charge in [-0.2, -0.15) is 0 Å². The number of fused-ring (bicyclic) bond motifs is 2. The minimum absolute atomic E-state index is 0.301. The number of benzene rings is 1. The van der Waals surface area contributed by atoms with Crippen molar-refractivity contribution in [1.82, 2.24) is 29.8 Å². The minimum atomic E-state index is -0.484. The second-order valence-corrected chi connectivity index (χ2v) is 17.0. The van der Waals surface area contributed by atoms with Gasteiger partial charge in [0.1, 0.15) is 17.0 Å². The van der Waals surface area contributed by atoms with Crippen LogP contribution >= 0.6 is 11.6 Å². The molecule has 12 heteroatoms. The van der Waals surface area contributed by atoms with Crippen LogP contribution in [-0.2, 0) is 38.4 Å². The highest BCUT2D eigenvalue weighted by atomic mass is 35.5. The van der Waals surface area contributed by atoms with E-state index in [0.29, 0.717) is 29.7 Å². The summed E-state index contributed by atoms with van der Waals surface area (Å²) >= 11 is 6.38. The SMILES string of the molecule is CCOc1cc(CN2CCC(N(c3ncc4c(n3)C(C)(C)OC4(C)C)C3CCN(Nc4ncc5c(n4)C(C)(C)OC5(C)C)CC3)CC2)ccc1Cl. The average Bonchev–Trinajstić information content (AvgIpc) is 3.38. The molecule has 4 aliphatic heterocycles. The zero-order valence-electron chi connectivity index (χ0n) is 31.8. The van der Waals surface area contributed by atoms with Crippen molar-refractivity contribution in [3.63, 3.8) is 0 Å². The van der Waals surface area contributed by atoms with Crippen molar-refractivity contribution >= 4 is 23.5 Å². The molecule has 1 N–H and O–H groups in total. The molecule has 0 bridgehead atoms. The lowest BCUT2D eigenvalue weighted by Gasteiger charge is -2.45. The molecule has 1 aromatic carbocycles. The van der Waals surface area contributed by atoms with E-state index in [0.717, 1.165) is 92.6 Å². The first-order valence-corrected chi connectivity index (χ1v) is 19.0. The van der Waals surface area contributed by atoms with Crippen molar-refractivity contribution in [3.05, 3.63) is 63.7 Å². The van der Waals surface area contributed by atoms with Gasteiger partial charge >= 0.3 is 0 Å². The second-order valence-electron chi connectivity index (χ2n) is 16.6. The smallest absolute Gasteiger partial charge is 0.237 e. The Morgan fingerprint density at radius 1 is 0.804 bits per heavy atom. The van der Waals surface area contributed by atoms with Crippen LogP contribution in [0.4, 0.5) is 11.9 Å². The molecule has 4 aliphatic rings. The number of hydrazine groups is 1. The molecule has 3 aromatic rings. The fraction of sp³-hybridized carbons (Fsp3) is 0.641. The van der Waals surface area contributed by atoms with Crippen molar-refractivity contribution in [1.29, 1.82) is 0 Å². The number of hydrogen-bond donors (Lipinski definition) is 1. The first kappa shape index (κ1) is 36.3. The molecule has 0 aliphatic carbocycles. The maximum absolute atomic E-state index is 6.48. The third-order valence-electron chi connectivity index (χ3n) is 11.0. The molecule has 6 heterocycles. The molecule has 0 saturated carbocycles. The van der Waals surface area contributed by atoms with Gasteiger partial charge in [0.05, 0.1) is 34.2 Å². The van der Waals surface area contributed by atoms with Crippen molar-refractivity contribution < 1.29 is 14.2 Å². The molecule has 0 radical (unpaired) electrons. The minimum Gasteiger partial charge on any atom is -0.492 e. The zero-order valence-corrected chi connectivity index (χ0v) is 32.6. The Bertz CT molecular complexity index is 1750. The first-order chi connectivity index (χ1) is 24.1.